The number of H-pyrrole nitrogens is 1. The van der Waals surface area contributed by atoms with Gasteiger partial charge in [-0.3, -0.25) is 24.4 Å². The molecule has 3 saturated heterocycles. The van der Waals surface area contributed by atoms with Crippen LogP contribution in [0.15, 0.2) is 67.3 Å². The number of urea groups is 1. The molecule has 3 fully saturated rings. The quantitative estimate of drug-likeness (QED) is 0.0839. The topological polar surface area (TPSA) is 215 Å². The van der Waals surface area contributed by atoms with Crippen LogP contribution in [0.1, 0.15) is 72.9 Å². The number of anilines is 3. The summed E-state index contributed by atoms with van der Waals surface area (Å²) >= 11 is 0. The van der Waals surface area contributed by atoms with Gasteiger partial charge in [0.25, 0.3) is 0 Å². The molecule has 330 valence electrons. The van der Waals surface area contributed by atoms with E-state index in [1.54, 1.807) is 31.6 Å². The molecule has 3 aliphatic rings. The molecule has 2 aromatic carbocycles. The van der Waals surface area contributed by atoms with E-state index < -0.39 is 44.9 Å². The van der Waals surface area contributed by atoms with Gasteiger partial charge in [-0.05, 0) is 73.9 Å². The first-order valence-electron chi connectivity index (χ1n) is 20.8. The second kappa shape index (κ2) is 18.1. The normalized spacial score (nSPS) is 17.8. The zero-order valence-corrected chi connectivity index (χ0v) is 35.5. The third-order valence-corrected chi connectivity index (χ3v) is 13.6. The minimum Gasteiger partial charge on any atom is -0.374 e. The van der Waals surface area contributed by atoms with Crippen LogP contribution in [-0.2, 0) is 19.8 Å². The molecular formula is C43H47F2N11O6S. The van der Waals surface area contributed by atoms with Crippen molar-refractivity contribution in [2.45, 2.75) is 63.5 Å². The van der Waals surface area contributed by atoms with E-state index in [2.05, 4.69) is 52.7 Å². The first-order valence-corrected chi connectivity index (χ1v) is 22.3. The Bertz CT molecular complexity index is 2650. The van der Waals surface area contributed by atoms with Crippen LogP contribution in [0.3, 0.4) is 0 Å². The van der Waals surface area contributed by atoms with Crippen LogP contribution in [0.5, 0.6) is 0 Å². The number of carbonyl (C=O) groups is 4. The summed E-state index contributed by atoms with van der Waals surface area (Å²) in [6.45, 7) is 4.24. The van der Waals surface area contributed by atoms with Crippen molar-refractivity contribution in [1.29, 1.82) is 0 Å². The van der Waals surface area contributed by atoms with E-state index in [4.69, 9.17) is 0 Å². The van der Waals surface area contributed by atoms with Gasteiger partial charge in [0.1, 0.15) is 17.5 Å². The second-order valence-electron chi connectivity index (χ2n) is 16.0. The summed E-state index contributed by atoms with van der Waals surface area (Å²) in [7, 11) is -2.86. The van der Waals surface area contributed by atoms with Crippen molar-refractivity contribution >= 4 is 62.2 Å². The second-order valence-corrected chi connectivity index (χ2v) is 17.7. The maximum Gasteiger partial charge on any atom is 0.317 e. The molecule has 0 radical (unpaired) electrons. The van der Waals surface area contributed by atoms with Gasteiger partial charge in [0.05, 0.1) is 11.3 Å². The number of carbonyl (C=O) groups excluding carboxylic acids is 4. The largest absolute Gasteiger partial charge is 0.374 e. The first kappa shape index (κ1) is 43.1. The molecule has 0 saturated carbocycles. The van der Waals surface area contributed by atoms with Crippen LogP contribution in [0.4, 0.5) is 30.9 Å². The van der Waals surface area contributed by atoms with E-state index in [-0.39, 0.29) is 36.0 Å². The average Bonchev–Trinajstić information content (AvgIpc) is 3.72. The molecule has 20 heteroatoms. The number of halogens is 2. The zero-order chi connectivity index (χ0) is 44.4. The van der Waals surface area contributed by atoms with E-state index in [9.17, 15) is 27.6 Å². The fourth-order valence-electron chi connectivity index (χ4n) is 8.13. The lowest BCUT2D eigenvalue weighted by atomic mass is 9.89. The van der Waals surface area contributed by atoms with Crippen LogP contribution >= 0.6 is 0 Å². The fourth-order valence-corrected chi connectivity index (χ4v) is 9.06. The van der Waals surface area contributed by atoms with E-state index in [0.717, 1.165) is 35.0 Å². The number of aromatic nitrogens is 4. The van der Waals surface area contributed by atoms with Gasteiger partial charge in [0.2, 0.25) is 23.5 Å². The van der Waals surface area contributed by atoms with E-state index >= 15 is 8.78 Å². The third-order valence-electron chi connectivity index (χ3n) is 12.0. The highest BCUT2D eigenvalue weighted by Crippen LogP contribution is 2.32. The van der Waals surface area contributed by atoms with Crippen LogP contribution in [0.2, 0.25) is 0 Å². The minimum atomic E-state index is -4.15. The minimum absolute atomic E-state index is 0.00250. The van der Waals surface area contributed by atoms with Crippen molar-refractivity contribution in [2.24, 2.45) is 0 Å². The van der Waals surface area contributed by atoms with Crippen LogP contribution < -0.4 is 25.6 Å². The number of ketones is 1. The number of imide groups is 1. The number of benzene rings is 2. The number of aromatic amines is 1. The summed E-state index contributed by atoms with van der Waals surface area (Å²) in [4.78, 5) is 70.8. The van der Waals surface area contributed by atoms with Gasteiger partial charge in [-0.25, -0.2) is 28.5 Å². The lowest BCUT2D eigenvalue weighted by Gasteiger charge is -2.36. The van der Waals surface area contributed by atoms with Crippen LogP contribution in [-0.4, -0.2) is 113 Å². The molecule has 63 heavy (non-hydrogen) atoms. The highest BCUT2D eigenvalue weighted by atomic mass is 32.2. The molecule has 0 aliphatic carbocycles. The molecule has 1 unspecified atom stereocenters. The Labute approximate surface area is 362 Å². The van der Waals surface area contributed by atoms with Crippen molar-refractivity contribution in [3.05, 3.63) is 95.6 Å². The summed E-state index contributed by atoms with van der Waals surface area (Å²) in [5.74, 6) is -3.21. The molecule has 6 heterocycles. The summed E-state index contributed by atoms with van der Waals surface area (Å²) in [5, 5.41) is 9.08. The molecular weight excluding hydrogens is 837 g/mol. The average molecular weight is 884 g/mol. The number of hydrogen-bond donors (Lipinski definition) is 5. The predicted molar refractivity (Wildman–Crippen MR) is 231 cm³/mol. The fraction of sp³-hybridized carbons (Fsp3) is 0.372. The number of likely N-dealkylation sites (tertiary alicyclic amines) is 1. The smallest absolute Gasteiger partial charge is 0.317 e. The Morgan fingerprint density at radius 1 is 0.905 bits per heavy atom. The Morgan fingerprint density at radius 3 is 2.29 bits per heavy atom. The molecule has 4 amide bonds. The van der Waals surface area contributed by atoms with Gasteiger partial charge < -0.3 is 25.4 Å². The predicted octanol–water partition coefficient (Wildman–Crippen LogP) is 4.91. The van der Waals surface area contributed by atoms with E-state index in [1.807, 2.05) is 21.9 Å². The van der Waals surface area contributed by atoms with Gasteiger partial charge in [0.15, 0.2) is 5.82 Å². The number of piperidine rings is 3. The molecule has 3 aromatic heterocycles. The van der Waals surface area contributed by atoms with Crippen molar-refractivity contribution in [3.63, 3.8) is 0 Å². The van der Waals surface area contributed by atoms with Crippen LogP contribution in [0.25, 0.3) is 22.2 Å². The summed E-state index contributed by atoms with van der Waals surface area (Å²) < 4.78 is 58.7. The summed E-state index contributed by atoms with van der Waals surface area (Å²) in [6, 6.07) is 10.9. The number of nitrogens with one attached hydrogen (secondary N) is 5. The van der Waals surface area contributed by atoms with Crippen LogP contribution in [0, 0.1) is 11.6 Å². The SMILES string of the molecule is CCN(C)S(=O)(=O)Nc1ccc(F)c(C(=O)c2c[nH]c3ncc(-c4cnc(N5CCC(NC(=O)N6CCC(c7ccc(NC8CCC(=O)NC8=O)cc7)CC6)CC5)nc4)cc23)c1F. The lowest BCUT2D eigenvalue weighted by molar-refractivity contribution is -0.133. The maximum absolute atomic E-state index is 15.6. The Balaban J connectivity index is 0.833. The monoisotopic (exact) mass is 883 g/mol. The molecule has 1 atom stereocenters. The van der Waals surface area contributed by atoms with Crippen molar-refractivity contribution in [1.82, 2.24) is 39.8 Å². The maximum atomic E-state index is 15.6. The molecule has 5 N–H and O–H groups in total. The number of amides is 4. The van der Waals surface area contributed by atoms with Gasteiger partial charge in [-0.15, -0.1) is 0 Å². The molecule has 0 spiro atoms. The van der Waals surface area contributed by atoms with Crippen molar-refractivity contribution in [3.8, 4) is 11.1 Å². The van der Waals surface area contributed by atoms with E-state index in [1.165, 1.54) is 18.8 Å². The Hall–Kier alpha value is -6.54. The number of nitrogens with zero attached hydrogens (tertiary/aromatic N) is 6. The Kier molecular flexibility index (Phi) is 12.4. The van der Waals surface area contributed by atoms with Gasteiger partial charge >= 0.3 is 16.2 Å². The number of pyridine rings is 1. The summed E-state index contributed by atoms with van der Waals surface area (Å²) in [6.07, 6.45) is 10.0. The molecule has 3 aliphatic heterocycles. The molecule has 17 nitrogen and oxygen atoms in total. The third kappa shape index (κ3) is 9.31. The van der Waals surface area contributed by atoms with Gasteiger partial charge in [-0.2, -0.15) is 12.7 Å². The lowest BCUT2D eigenvalue weighted by Crippen LogP contribution is -2.51. The summed E-state index contributed by atoms with van der Waals surface area (Å²) in [5.41, 5.74) is 1.90. The van der Waals surface area contributed by atoms with Crippen molar-refractivity contribution < 1.29 is 36.4 Å². The van der Waals surface area contributed by atoms with Gasteiger partial charge in [-0.1, -0.05) is 19.1 Å². The van der Waals surface area contributed by atoms with Crippen molar-refractivity contribution in [2.75, 3.05) is 54.7 Å². The van der Waals surface area contributed by atoms with E-state index in [0.29, 0.717) is 85.9 Å². The number of hydrogen-bond acceptors (Lipinski definition) is 11. The standard InChI is InChI=1S/C43H47F2N11O6S/c1-3-54(2)63(61,62)53-34-9-8-33(44)37(38(34)45)39(58)32-24-47-40-31(32)20-27(21-46-40)28-22-48-42(49-23-28)55-18-14-30(15-19-55)51-43(60)56-16-12-26(13-17-56)25-4-6-29(7-5-25)50-35-10-11-36(57)52-41(35)59/h4-9,20-24,26,30,35,50,53H,3,10-19H2,1-2H3,(H,46,47)(H,51,60)(H,52,57,59). The number of rotatable bonds is 12. The number of fused-ring (bicyclic) bond motifs is 1. The highest BCUT2D eigenvalue weighted by molar-refractivity contribution is 7.90. The highest BCUT2D eigenvalue weighted by Gasteiger charge is 2.30. The first-order chi connectivity index (χ1) is 30.3. The zero-order valence-electron chi connectivity index (χ0n) is 34.7. The molecule has 8 rings (SSSR count). The molecule has 0 bridgehead atoms. The molecule has 5 aromatic rings. The Morgan fingerprint density at radius 2 is 1.60 bits per heavy atom. The van der Waals surface area contributed by atoms with Gasteiger partial charge in [0, 0.05) is 105 Å².